The lowest BCUT2D eigenvalue weighted by Crippen LogP contribution is -2.75. The van der Waals surface area contributed by atoms with Gasteiger partial charge in [-0.25, -0.2) is 0 Å². The van der Waals surface area contributed by atoms with Gasteiger partial charge in [0.25, 0.3) is 0 Å². The van der Waals surface area contributed by atoms with Crippen LogP contribution in [-0.4, -0.2) is 62.0 Å². The number of carbonyl (C=O) groups is 2. The van der Waals surface area contributed by atoms with Gasteiger partial charge < -0.3 is 25.2 Å². The third kappa shape index (κ3) is 1.91. The summed E-state index contributed by atoms with van der Waals surface area (Å²) in [7, 11) is 0. The molecule has 0 bridgehead atoms. The first-order valence-electron chi connectivity index (χ1n) is 7.40. The molecule has 23 heavy (non-hydrogen) atoms. The van der Waals surface area contributed by atoms with Crippen LogP contribution in [0.25, 0.3) is 0 Å². The Balaban J connectivity index is 2.20. The van der Waals surface area contributed by atoms with E-state index in [0.717, 1.165) is 0 Å². The molecule has 1 aromatic rings. The number of Topliss-reactive ketones (excluding diaryl/α,β-unsaturated/α-hetero) is 2. The fourth-order valence-corrected chi connectivity index (χ4v) is 3.59. The maximum absolute atomic E-state index is 12.8. The quantitative estimate of drug-likeness (QED) is 0.594. The molecule has 7 heteroatoms. The monoisotopic (exact) mass is 322 g/mol. The first-order valence-corrected chi connectivity index (χ1v) is 7.40. The van der Waals surface area contributed by atoms with E-state index in [1.807, 2.05) is 0 Å². The maximum Gasteiger partial charge on any atom is 0.205 e. The van der Waals surface area contributed by atoms with E-state index in [1.165, 1.54) is 25.1 Å². The summed E-state index contributed by atoms with van der Waals surface area (Å²) >= 11 is 0. The first-order chi connectivity index (χ1) is 10.8. The molecule has 0 saturated carbocycles. The number of carbonyl (C=O) groups excluding carboxylic acids is 2. The molecule has 0 aromatic heterocycles. The average Bonchev–Trinajstić information content (AvgIpc) is 2.50. The molecule has 1 aliphatic carbocycles. The number of phenolic OH excluding ortho intramolecular Hbond substituents is 1. The molecular weight excluding hydrogens is 304 g/mol. The van der Waals surface area contributed by atoms with Crippen LogP contribution in [0.3, 0.4) is 0 Å². The van der Waals surface area contributed by atoms with Gasteiger partial charge in [0.1, 0.15) is 5.75 Å². The van der Waals surface area contributed by atoms with Gasteiger partial charge in [0, 0.05) is 18.6 Å². The van der Waals surface area contributed by atoms with Crippen LogP contribution in [0.5, 0.6) is 5.75 Å². The summed E-state index contributed by atoms with van der Waals surface area (Å²) in [5.41, 5.74) is -5.27. The van der Waals surface area contributed by atoms with E-state index in [0.29, 0.717) is 0 Å². The number of aliphatic hydroxyl groups excluding tert-OH is 1. The normalized spacial score (nSPS) is 36.5. The summed E-state index contributed by atoms with van der Waals surface area (Å²) in [6, 6.07) is 3.95. The molecule has 1 aromatic carbocycles. The van der Waals surface area contributed by atoms with Gasteiger partial charge in [0.15, 0.2) is 17.0 Å². The number of fused-ring (bicyclic) bond motifs is 2. The summed E-state index contributed by atoms with van der Waals surface area (Å²) in [5, 5.41) is 40.8. The summed E-state index contributed by atoms with van der Waals surface area (Å²) < 4.78 is 5.51. The predicted octanol–water partition coefficient (Wildman–Crippen LogP) is -0.207. The molecule has 3 rings (SSSR count). The van der Waals surface area contributed by atoms with Crippen LogP contribution in [-0.2, 0) is 4.74 Å². The van der Waals surface area contributed by atoms with Crippen LogP contribution in [0.4, 0.5) is 0 Å². The molecule has 0 radical (unpaired) electrons. The Labute approximate surface area is 132 Å². The topological polar surface area (TPSA) is 124 Å². The fourth-order valence-electron chi connectivity index (χ4n) is 3.59. The lowest BCUT2D eigenvalue weighted by Gasteiger charge is -2.52. The van der Waals surface area contributed by atoms with Gasteiger partial charge in [0.05, 0.1) is 17.8 Å². The van der Waals surface area contributed by atoms with Crippen LogP contribution in [0.2, 0.25) is 0 Å². The zero-order chi connectivity index (χ0) is 17.0. The maximum atomic E-state index is 12.8. The standard InChI is InChI=1S/C16H18O7/c1-8-16(22)14(20)12-10(3-2-4-11(12)18)13(19)15(16,21)7-9(23-8)5-6-17/h2-4,8-9,17-18,21-22H,5-7H2,1H3/t8-,9-,15-,16+/m0/s1. The van der Waals surface area contributed by atoms with Crippen molar-refractivity contribution in [3.05, 3.63) is 29.3 Å². The van der Waals surface area contributed by atoms with Crippen molar-refractivity contribution in [2.45, 2.75) is 43.2 Å². The van der Waals surface area contributed by atoms with Crippen molar-refractivity contribution >= 4 is 11.6 Å². The van der Waals surface area contributed by atoms with E-state index in [4.69, 9.17) is 9.84 Å². The highest BCUT2D eigenvalue weighted by molar-refractivity contribution is 6.23. The highest BCUT2D eigenvalue weighted by atomic mass is 16.5. The van der Waals surface area contributed by atoms with Crippen LogP contribution < -0.4 is 0 Å². The van der Waals surface area contributed by atoms with Crippen molar-refractivity contribution < 1.29 is 34.8 Å². The molecule has 7 nitrogen and oxygen atoms in total. The molecule has 4 N–H and O–H groups in total. The van der Waals surface area contributed by atoms with Crippen molar-refractivity contribution in [1.29, 1.82) is 0 Å². The molecule has 0 spiro atoms. The van der Waals surface area contributed by atoms with E-state index in [9.17, 15) is 24.9 Å². The molecule has 1 fully saturated rings. The van der Waals surface area contributed by atoms with Gasteiger partial charge in [-0.2, -0.15) is 0 Å². The lowest BCUT2D eigenvalue weighted by atomic mass is 9.61. The molecule has 0 amide bonds. The minimum absolute atomic E-state index is 0.126. The number of benzene rings is 1. The van der Waals surface area contributed by atoms with Crippen molar-refractivity contribution in [1.82, 2.24) is 0 Å². The Bertz CT molecular complexity index is 685. The van der Waals surface area contributed by atoms with E-state index in [-0.39, 0.29) is 30.6 Å². The third-order valence-corrected chi connectivity index (χ3v) is 4.83. The molecule has 124 valence electrons. The Morgan fingerprint density at radius 2 is 1.96 bits per heavy atom. The van der Waals surface area contributed by atoms with Crippen molar-refractivity contribution in [2.75, 3.05) is 6.61 Å². The van der Waals surface area contributed by atoms with Crippen molar-refractivity contribution in [3.8, 4) is 5.75 Å². The zero-order valence-electron chi connectivity index (χ0n) is 12.5. The first kappa shape index (κ1) is 16.1. The van der Waals surface area contributed by atoms with Gasteiger partial charge in [-0.3, -0.25) is 9.59 Å². The fraction of sp³-hybridized carbons (Fsp3) is 0.500. The largest absolute Gasteiger partial charge is 0.507 e. The van der Waals surface area contributed by atoms with E-state index in [2.05, 4.69) is 0 Å². The third-order valence-electron chi connectivity index (χ3n) is 4.83. The number of aliphatic hydroxyl groups is 3. The lowest BCUT2D eigenvalue weighted by molar-refractivity contribution is -0.228. The van der Waals surface area contributed by atoms with Crippen molar-refractivity contribution in [2.24, 2.45) is 0 Å². The summed E-state index contributed by atoms with van der Waals surface area (Å²) in [6.45, 7) is 1.16. The molecular formula is C16H18O7. The zero-order valence-corrected chi connectivity index (χ0v) is 12.5. The van der Waals surface area contributed by atoms with Crippen LogP contribution >= 0.6 is 0 Å². The van der Waals surface area contributed by atoms with Gasteiger partial charge >= 0.3 is 0 Å². The summed E-state index contributed by atoms with van der Waals surface area (Å²) in [6.07, 6.45) is -2.00. The average molecular weight is 322 g/mol. The second-order valence-corrected chi connectivity index (χ2v) is 6.10. The van der Waals surface area contributed by atoms with E-state index >= 15 is 0 Å². The van der Waals surface area contributed by atoms with Crippen LogP contribution in [0.15, 0.2) is 18.2 Å². The van der Waals surface area contributed by atoms with Crippen LogP contribution in [0.1, 0.15) is 40.5 Å². The Morgan fingerprint density at radius 3 is 2.61 bits per heavy atom. The van der Waals surface area contributed by atoms with Crippen molar-refractivity contribution in [3.63, 3.8) is 0 Å². The molecule has 1 aliphatic heterocycles. The van der Waals surface area contributed by atoms with E-state index < -0.39 is 40.7 Å². The number of hydrogen-bond donors (Lipinski definition) is 4. The Kier molecular flexibility index (Phi) is 3.57. The molecule has 0 unspecified atom stereocenters. The highest BCUT2D eigenvalue weighted by Gasteiger charge is 2.69. The minimum atomic E-state index is -2.48. The molecule has 1 saturated heterocycles. The number of ketones is 2. The number of ether oxygens (including phenoxy) is 1. The second-order valence-electron chi connectivity index (χ2n) is 6.10. The molecule has 1 heterocycles. The molecule has 2 aliphatic rings. The Morgan fingerprint density at radius 1 is 1.26 bits per heavy atom. The number of rotatable bonds is 2. The number of hydrogen-bond acceptors (Lipinski definition) is 7. The van der Waals surface area contributed by atoms with Crippen LogP contribution in [0, 0.1) is 0 Å². The van der Waals surface area contributed by atoms with Gasteiger partial charge in [-0.15, -0.1) is 0 Å². The van der Waals surface area contributed by atoms with Gasteiger partial charge in [0.2, 0.25) is 5.78 Å². The SMILES string of the molecule is C[C@@H]1O[C@@H](CCO)C[C@]2(O)C(=O)c3cccc(O)c3C(=O)[C@]12O. The smallest absolute Gasteiger partial charge is 0.205 e. The number of phenols is 1. The summed E-state index contributed by atoms with van der Waals surface area (Å²) in [5.74, 6) is -2.20. The minimum Gasteiger partial charge on any atom is -0.507 e. The summed E-state index contributed by atoms with van der Waals surface area (Å²) in [4.78, 5) is 25.5. The number of aromatic hydroxyl groups is 1. The van der Waals surface area contributed by atoms with Gasteiger partial charge in [-0.1, -0.05) is 12.1 Å². The highest BCUT2D eigenvalue weighted by Crippen LogP contribution is 2.47. The Hall–Kier alpha value is -1.80. The van der Waals surface area contributed by atoms with E-state index in [1.54, 1.807) is 0 Å². The second kappa shape index (κ2) is 5.10. The molecule has 4 atom stereocenters. The van der Waals surface area contributed by atoms with Gasteiger partial charge in [-0.05, 0) is 19.4 Å². The predicted molar refractivity (Wildman–Crippen MR) is 77.3 cm³/mol.